The number of aldehydes is 1. The maximum absolute atomic E-state index is 11.4. The van der Waals surface area contributed by atoms with Gasteiger partial charge in [-0.05, 0) is 20.3 Å². The molecule has 0 bridgehead atoms. The highest BCUT2D eigenvalue weighted by molar-refractivity contribution is 5.69. The molecule has 0 N–H and O–H groups in total. The van der Waals surface area contributed by atoms with Crippen molar-refractivity contribution in [1.82, 2.24) is 0 Å². The molecule has 1 saturated heterocycles. The minimum atomic E-state index is -0.771. The summed E-state index contributed by atoms with van der Waals surface area (Å²) < 4.78 is 16.1. The summed E-state index contributed by atoms with van der Waals surface area (Å²) in [6, 6.07) is 0. The van der Waals surface area contributed by atoms with Crippen LogP contribution in [0, 0.1) is 11.8 Å². The molecule has 0 saturated carbocycles. The van der Waals surface area contributed by atoms with E-state index in [1.54, 1.807) is 6.92 Å². The van der Waals surface area contributed by atoms with Crippen molar-refractivity contribution >= 4 is 12.3 Å². The van der Waals surface area contributed by atoms with Crippen molar-refractivity contribution in [2.24, 2.45) is 11.8 Å². The van der Waals surface area contributed by atoms with Gasteiger partial charge in [0.25, 0.3) is 0 Å². The molecule has 0 aliphatic carbocycles. The molecular formula is C13H22O5. The molecule has 0 amide bonds. The molecule has 0 aromatic carbocycles. The van der Waals surface area contributed by atoms with Gasteiger partial charge < -0.3 is 19.0 Å². The Balaban J connectivity index is 2.61. The van der Waals surface area contributed by atoms with E-state index >= 15 is 0 Å². The second-order valence-electron chi connectivity index (χ2n) is 4.66. The molecule has 2 unspecified atom stereocenters. The van der Waals surface area contributed by atoms with Crippen molar-refractivity contribution in [1.29, 1.82) is 0 Å². The summed E-state index contributed by atoms with van der Waals surface area (Å²) in [6.07, 6.45) is 1.68. The van der Waals surface area contributed by atoms with Crippen LogP contribution < -0.4 is 0 Å². The number of ether oxygens (including phenoxy) is 3. The molecule has 5 nitrogen and oxygen atoms in total. The Kier molecular flexibility index (Phi) is 5.75. The summed E-state index contributed by atoms with van der Waals surface area (Å²) in [5.41, 5.74) is 0. The van der Waals surface area contributed by atoms with E-state index in [1.165, 1.54) is 0 Å². The van der Waals surface area contributed by atoms with Crippen molar-refractivity contribution in [2.75, 3.05) is 19.8 Å². The molecule has 18 heavy (non-hydrogen) atoms. The van der Waals surface area contributed by atoms with E-state index in [0.717, 1.165) is 6.29 Å². The largest absolute Gasteiger partial charge is 0.466 e. The lowest BCUT2D eigenvalue weighted by atomic mass is 9.84. The van der Waals surface area contributed by atoms with E-state index < -0.39 is 5.79 Å². The minimum absolute atomic E-state index is 0.137. The Labute approximate surface area is 108 Å². The SMILES string of the molecule is CCOC(=O)CCC(C(C)C=O)C1(C)OCCO1. The number of hydrogen-bond donors (Lipinski definition) is 0. The predicted molar refractivity (Wildman–Crippen MR) is 64.9 cm³/mol. The lowest BCUT2D eigenvalue weighted by Gasteiger charge is -2.34. The predicted octanol–water partition coefficient (Wildman–Crippen LogP) is 1.54. The zero-order chi connectivity index (χ0) is 13.6. The first-order valence-electron chi connectivity index (χ1n) is 6.42. The van der Waals surface area contributed by atoms with Gasteiger partial charge in [0.15, 0.2) is 5.79 Å². The molecule has 1 rings (SSSR count). The maximum atomic E-state index is 11.4. The van der Waals surface area contributed by atoms with Gasteiger partial charge in [-0.15, -0.1) is 0 Å². The van der Waals surface area contributed by atoms with Gasteiger partial charge in [0.05, 0.1) is 19.8 Å². The molecule has 1 aliphatic heterocycles. The second-order valence-corrected chi connectivity index (χ2v) is 4.66. The average molecular weight is 258 g/mol. The number of hydrogen-bond acceptors (Lipinski definition) is 5. The van der Waals surface area contributed by atoms with Crippen LogP contribution in [0.4, 0.5) is 0 Å². The summed E-state index contributed by atoms with van der Waals surface area (Å²) in [7, 11) is 0. The zero-order valence-electron chi connectivity index (χ0n) is 11.3. The van der Waals surface area contributed by atoms with Gasteiger partial charge in [-0.3, -0.25) is 4.79 Å². The van der Waals surface area contributed by atoms with Crippen LogP contribution in [-0.2, 0) is 23.8 Å². The molecule has 1 heterocycles. The summed E-state index contributed by atoms with van der Waals surface area (Å²) in [5, 5.41) is 0. The van der Waals surface area contributed by atoms with E-state index in [1.807, 2.05) is 13.8 Å². The van der Waals surface area contributed by atoms with Crippen molar-refractivity contribution in [2.45, 2.75) is 39.4 Å². The van der Waals surface area contributed by atoms with E-state index in [9.17, 15) is 9.59 Å². The van der Waals surface area contributed by atoms with Crippen LogP contribution in [0.2, 0.25) is 0 Å². The van der Waals surface area contributed by atoms with Gasteiger partial charge in [-0.1, -0.05) is 6.92 Å². The van der Waals surface area contributed by atoms with E-state index in [-0.39, 0.29) is 24.2 Å². The summed E-state index contributed by atoms with van der Waals surface area (Å²) in [4.78, 5) is 22.4. The summed E-state index contributed by atoms with van der Waals surface area (Å²) >= 11 is 0. The van der Waals surface area contributed by atoms with Crippen LogP contribution in [0.1, 0.15) is 33.6 Å². The third-order valence-electron chi connectivity index (χ3n) is 3.35. The van der Waals surface area contributed by atoms with Crippen LogP contribution in [0.25, 0.3) is 0 Å². The van der Waals surface area contributed by atoms with Crippen molar-refractivity contribution in [3.63, 3.8) is 0 Å². The van der Waals surface area contributed by atoms with Gasteiger partial charge in [-0.2, -0.15) is 0 Å². The van der Waals surface area contributed by atoms with Gasteiger partial charge in [0, 0.05) is 18.3 Å². The van der Waals surface area contributed by atoms with Gasteiger partial charge in [-0.25, -0.2) is 0 Å². The first-order valence-corrected chi connectivity index (χ1v) is 6.42. The molecular weight excluding hydrogens is 236 g/mol. The molecule has 1 aliphatic rings. The van der Waals surface area contributed by atoms with Crippen molar-refractivity contribution in [3.05, 3.63) is 0 Å². The number of esters is 1. The molecule has 0 aromatic heterocycles. The summed E-state index contributed by atoms with van der Waals surface area (Å²) in [6.45, 7) is 6.84. The van der Waals surface area contributed by atoms with Crippen LogP contribution in [0.5, 0.6) is 0 Å². The molecule has 0 aromatic rings. The van der Waals surface area contributed by atoms with E-state index in [0.29, 0.717) is 26.2 Å². The zero-order valence-corrected chi connectivity index (χ0v) is 11.3. The molecule has 2 atom stereocenters. The van der Waals surface area contributed by atoms with Crippen LogP contribution in [0.3, 0.4) is 0 Å². The molecule has 104 valence electrons. The standard InChI is InChI=1S/C13H22O5/c1-4-16-12(15)6-5-11(10(2)9-14)13(3)17-7-8-18-13/h9-11H,4-8H2,1-3H3. The molecule has 1 fully saturated rings. The quantitative estimate of drug-likeness (QED) is 0.512. The highest BCUT2D eigenvalue weighted by Gasteiger charge is 2.42. The first-order chi connectivity index (χ1) is 8.53. The van der Waals surface area contributed by atoms with E-state index in [2.05, 4.69) is 0 Å². The summed E-state index contributed by atoms with van der Waals surface area (Å²) in [5.74, 6) is -1.38. The van der Waals surface area contributed by atoms with Crippen molar-refractivity contribution < 1.29 is 23.8 Å². The molecule has 5 heteroatoms. The number of rotatable bonds is 7. The monoisotopic (exact) mass is 258 g/mol. The first kappa shape index (κ1) is 15.1. The molecule has 0 radical (unpaired) electrons. The van der Waals surface area contributed by atoms with Crippen LogP contribution in [0.15, 0.2) is 0 Å². The van der Waals surface area contributed by atoms with Gasteiger partial charge >= 0.3 is 5.97 Å². The topological polar surface area (TPSA) is 61.8 Å². The fourth-order valence-electron chi connectivity index (χ4n) is 2.35. The van der Waals surface area contributed by atoms with Crippen LogP contribution in [-0.4, -0.2) is 37.9 Å². The highest BCUT2D eigenvalue weighted by atomic mass is 16.7. The number of carbonyl (C=O) groups is 2. The van der Waals surface area contributed by atoms with Crippen LogP contribution >= 0.6 is 0 Å². The number of carbonyl (C=O) groups excluding carboxylic acids is 2. The average Bonchev–Trinajstić information content (AvgIpc) is 2.77. The molecule has 0 spiro atoms. The van der Waals surface area contributed by atoms with E-state index in [4.69, 9.17) is 14.2 Å². The van der Waals surface area contributed by atoms with Crippen molar-refractivity contribution in [3.8, 4) is 0 Å². The lowest BCUT2D eigenvalue weighted by Crippen LogP contribution is -2.40. The second kappa shape index (κ2) is 6.85. The Morgan fingerprint density at radius 2 is 2.06 bits per heavy atom. The Morgan fingerprint density at radius 3 is 2.56 bits per heavy atom. The Bertz CT molecular complexity index is 283. The normalized spacial score (nSPS) is 21.3. The Hall–Kier alpha value is -0.940. The highest BCUT2D eigenvalue weighted by Crippen LogP contribution is 2.35. The smallest absolute Gasteiger partial charge is 0.305 e. The third kappa shape index (κ3) is 3.78. The fraction of sp³-hybridized carbons (Fsp3) is 0.846. The third-order valence-corrected chi connectivity index (χ3v) is 3.35. The Morgan fingerprint density at radius 1 is 1.44 bits per heavy atom. The maximum Gasteiger partial charge on any atom is 0.305 e. The van der Waals surface area contributed by atoms with Gasteiger partial charge in [0.2, 0.25) is 0 Å². The van der Waals surface area contributed by atoms with Gasteiger partial charge in [0.1, 0.15) is 6.29 Å². The fourth-order valence-corrected chi connectivity index (χ4v) is 2.35. The minimum Gasteiger partial charge on any atom is -0.466 e. The lowest BCUT2D eigenvalue weighted by molar-refractivity contribution is -0.194.